The Labute approximate surface area is 130 Å². The lowest BCUT2D eigenvalue weighted by molar-refractivity contribution is -0.121. The van der Waals surface area contributed by atoms with Crippen molar-refractivity contribution < 1.29 is 9.53 Å². The number of carbonyl (C=O) groups excluding carboxylic acids is 1. The van der Waals surface area contributed by atoms with E-state index in [1.54, 1.807) is 6.20 Å². The second-order valence-electron chi connectivity index (χ2n) is 5.88. The average Bonchev–Trinajstić information content (AvgIpc) is 2.46. The van der Waals surface area contributed by atoms with Gasteiger partial charge in [0.05, 0.1) is 30.0 Å². The molecule has 0 radical (unpaired) electrons. The number of benzene rings is 1. The average molecular weight is 299 g/mol. The summed E-state index contributed by atoms with van der Waals surface area (Å²) in [6, 6.07) is 9.60. The summed E-state index contributed by atoms with van der Waals surface area (Å²) in [7, 11) is 0. The van der Waals surface area contributed by atoms with E-state index in [0.29, 0.717) is 6.54 Å². The smallest absolute Gasteiger partial charge is 0.238 e. The first kappa shape index (κ1) is 14.9. The Bertz CT molecular complexity index is 659. The standard InChI is InChI=1S/C17H21N3O2/c1-12-9-20(10-13(2)22-12)11-17(21)19-16-7-3-6-15-14(16)5-4-8-18-15/h3-8,12-13H,9-11H2,1-2H3,(H,19,21)/t12-,13-/m1/s1. The third kappa shape index (κ3) is 3.43. The molecule has 1 amide bonds. The molecule has 2 atom stereocenters. The third-order valence-corrected chi connectivity index (χ3v) is 3.78. The molecule has 1 fully saturated rings. The highest BCUT2D eigenvalue weighted by molar-refractivity contribution is 6.01. The first-order valence-electron chi connectivity index (χ1n) is 7.63. The topological polar surface area (TPSA) is 54.5 Å². The van der Waals surface area contributed by atoms with E-state index in [4.69, 9.17) is 4.74 Å². The number of fused-ring (bicyclic) bond motifs is 1. The molecule has 0 aliphatic carbocycles. The molecule has 1 aromatic carbocycles. The number of pyridine rings is 1. The van der Waals surface area contributed by atoms with Crippen LogP contribution in [-0.2, 0) is 9.53 Å². The Hall–Kier alpha value is -1.98. The number of carbonyl (C=O) groups is 1. The van der Waals surface area contributed by atoms with Gasteiger partial charge in [-0.25, -0.2) is 0 Å². The van der Waals surface area contributed by atoms with E-state index in [9.17, 15) is 4.79 Å². The van der Waals surface area contributed by atoms with Gasteiger partial charge in [-0.3, -0.25) is 14.7 Å². The molecule has 0 spiro atoms. The van der Waals surface area contributed by atoms with Crippen LogP contribution < -0.4 is 5.32 Å². The van der Waals surface area contributed by atoms with Gasteiger partial charge in [-0.2, -0.15) is 0 Å². The number of ether oxygens (including phenoxy) is 1. The van der Waals surface area contributed by atoms with Crippen LogP contribution in [0.1, 0.15) is 13.8 Å². The van der Waals surface area contributed by atoms with E-state index in [1.165, 1.54) is 0 Å². The Morgan fingerprint density at radius 3 is 2.82 bits per heavy atom. The van der Waals surface area contributed by atoms with E-state index in [0.717, 1.165) is 29.7 Å². The van der Waals surface area contributed by atoms with Crippen molar-refractivity contribution in [3.63, 3.8) is 0 Å². The molecule has 0 unspecified atom stereocenters. The number of aromatic nitrogens is 1. The molecule has 1 N–H and O–H groups in total. The fourth-order valence-corrected chi connectivity index (χ4v) is 3.02. The maximum absolute atomic E-state index is 12.3. The van der Waals surface area contributed by atoms with Crippen molar-refractivity contribution in [2.24, 2.45) is 0 Å². The monoisotopic (exact) mass is 299 g/mol. The van der Waals surface area contributed by atoms with Crippen LogP contribution in [0.3, 0.4) is 0 Å². The summed E-state index contributed by atoms with van der Waals surface area (Å²) in [6.45, 7) is 6.03. The number of anilines is 1. The number of nitrogens with zero attached hydrogens (tertiary/aromatic N) is 2. The normalized spacial score (nSPS) is 22.6. The maximum atomic E-state index is 12.3. The van der Waals surface area contributed by atoms with Crippen LogP contribution >= 0.6 is 0 Å². The Morgan fingerprint density at radius 1 is 1.27 bits per heavy atom. The second-order valence-corrected chi connectivity index (χ2v) is 5.88. The van der Waals surface area contributed by atoms with Gasteiger partial charge < -0.3 is 10.1 Å². The molecule has 0 bridgehead atoms. The number of rotatable bonds is 3. The van der Waals surface area contributed by atoms with Gasteiger partial charge in [-0.1, -0.05) is 6.07 Å². The highest BCUT2D eigenvalue weighted by atomic mass is 16.5. The van der Waals surface area contributed by atoms with Crippen molar-refractivity contribution in [1.29, 1.82) is 0 Å². The van der Waals surface area contributed by atoms with E-state index >= 15 is 0 Å². The van der Waals surface area contributed by atoms with Gasteiger partial charge in [-0.05, 0) is 38.1 Å². The molecule has 1 aliphatic heterocycles. The first-order chi connectivity index (χ1) is 10.6. The summed E-state index contributed by atoms with van der Waals surface area (Å²) in [6.07, 6.45) is 2.08. The zero-order valence-electron chi connectivity index (χ0n) is 13.0. The Balaban J connectivity index is 1.68. The second kappa shape index (κ2) is 6.42. The van der Waals surface area contributed by atoms with E-state index in [1.807, 2.05) is 44.2 Å². The van der Waals surface area contributed by atoms with Gasteiger partial charge in [0.25, 0.3) is 0 Å². The molecule has 5 nitrogen and oxygen atoms in total. The van der Waals surface area contributed by atoms with Gasteiger partial charge in [0, 0.05) is 24.7 Å². The highest BCUT2D eigenvalue weighted by Crippen LogP contribution is 2.21. The molecule has 2 heterocycles. The number of hydrogen-bond donors (Lipinski definition) is 1. The predicted molar refractivity (Wildman–Crippen MR) is 86.8 cm³/mol. The van der Waals surface area contributed by atoms with Crippen molar-refractivity contribution in [3.05, 3.63) is 36.5 Å². The van der Waals surface area contributed by atoms with Gasteiger partial charge >= 0.3 is 0 Å². The number of hydrogen-bond acceptors (Lipinski definition) is 4. The fourth-order valence-electron chi connectivity index (χ4n) is 3.02. The van der Waals surface area contributed by atoms with Crippen molar-refractivity contribution in [2.45, 2.75) is 26.1 Å². The van der Waals surface area contributed by atoms with Crippen LogP contribution in [-0.4, -0.2) is 47.6 Å². The molecule has 2 aromatic rings. The summed E-state index contributed by atoms with van der Waals surface area (Å²) < 4.78 is 5.69. The van der Waals surface area contributed by atoms with Crippen molar-refractivity contribution in [1.82, 2.24) is 9.88 Å². The van der Waals surface area contributed by atoms with Crippen molar-refractivity contribution in [2.75, 3.05) is 25.0 Å². The lowest BCUT2D eigenvalue weighted by Gasteiger charge is -2.34. The van der Waals surface area contributed by atoms with Crippen LogP contribution in [0.15, 0.2) is 36.5 Å². The number of amides is 1. The Kier molecular flexibility index (Phi) is 4.36. The predicted octanol–water partition coefficient (Wildman–Crippen LogP) is 2.28. The van der Waals surface area contributed by atoms with E-state index in [-0.39, 0.29) is 18.1 Å². The third-order valence-electron chi connectivity index (χ3n) is 3.78. The number of morpholine rings is 1. The van der Waals surface area contributed by atoms with Crippen LogP contribution in [0, 0.1) is 0 Å². The minimum Gasteiger partial charge on any atom is -0.373 e. The lowest BCUT2D eigenvalue weighted by atomic mass is 10.2. The molecule has 22 heavy (non-hydrogen) atoms. The highest BCUT2D eigenvalue weighted by Gasteiger charge is 2.23. The van der Waals surface area contributed by atoms with Gasteiger partial charge in [0.15, 0.2) is 0 Å². The zero-order chi connectivity index (χ0) is 15.5. The molecule has 1 aliphatic rings. The number of nitrogens with one attached hydrogen (secondary N) is 1. The summed E-state index contributed by atoms with van der Waals surface area (Å²) in [4.78, 5) is 18.8. The molecule has 116 valence electrons. The molecule has 5 heteroatoms. The van der Waals surface area contributed by atoms with Gasteiger partial charge in [0.2, 0.25) is 5.91 Å². The molecule has 3 rings (SSSR count). The quantitative estimate of drug-likeness (QED) is 0.945. The van der Waals surface area contributed by atoms with Crippen LogP contribution in [0.5, 0.6) is 0 Å². The first-order valence-corrected chi connectivity index (χ1v) is 7.63. The summed E-state index contributed by atoms with van der Waals surface area (Å²) >= 11 is 0. The van der Waals surface area contributed by atoms with E-state index in [2.05, 4.69) is 15.2 Å². The van der Waals surface area contributed by atoms with Crippen LogP contribution in [0.25, 0.3) is 10.9 Å². The van der Waals surface area contributed by atoms with Gasteiger partial charge in [0.1, 0.15) is 0 Å². The molecule has 1 aromatic heterocycles. The maximum Gasteiger partial charge on any atom is 0.238 e. The van der Waals surface area contributed by atoms with E-state index < -0.39 is 0 Å². The lowest BCUT2D eigenvalue weighted by Crippen LogP contribution is -2.48. The van der Waals surface area contributed by atoms with Gasteiger partial charge in [-0.15, -0.1) is 0 Å². The van der Waals surface area contributed by atoms with Crippen molar-refractivity contribution in [3.8, 4) is 0 Å². The molecular weight excluding hydrogens is 278 g/mol. The summed E-state index contributed by atoms with van der Waals surface area (Å²) in [5.41, 5.74) is 1.69. The van der Waals surface area contributed by atoms with Crippen molar-refractivity contribution >= 4 is 22.5 Å². The molecule has 1 saturated heterocycles. The largest absolute Gasteiger partial charge is 0.373 e. The SMILES string of the molecule is C[C@@H]1CN(CC(=O)Nc2cccc3ncccc23)C[C@@H](C)O1. The fraction of sp³-hybridized carbons (Fsp3) is 0.412. The minimum absolute atomic E-state index is 0.00217. The molecule has 0 saturated carbocycles. The zero-order valence-corrected chi connectivity index (χ0v) is 13.0. The molecular formula is C17H21N3O2. The summed E-state index contributed by atoms with van der Waals surface area (Å²) in [5.74, 6) is -0.00217. The summed E-state index contributed by atoms with van der Waals surface area (Å²) in [5, 5.41) is 3.96. The van der Waals surface area contributed by atoms with Crippen LogP contribution in [0.4, 0.5) is 5.69 Å². The van der Waals surface area contributed by atoms with Crippen LogP contribution in [0.2, 0.25) is 0 Å². The Morgan fingerprint density at radius 2 is 2.05 bits per heavy atom. The minimum atomic E-state index is -0.00217.